The minimum absolute atomic E-state index is 0.00553. The van der Waals surface area contributed by atoms with Crippen molar-refractivity contribution in [3.63, 3.8) is 0 Å². The number of anilines is 4. The second kappa shape index (κ2) is 28.4. The van der Waals surface area contributed by atoms with Gasteiger partial charge in [-0.2, -0.15) is 10.2 Å². The minimum atomic E-state index is -0.634. The summed E-state index contributed by atoms with van der Waals surface area (Å²) in [6, 6.07) is 15.5. The summed E-state index contributed by atoms with van der Waals surface area (Å²) in [5.74, 6) is 1.02. The molecule has 0 radical (unpaired) electrons. The van der Waals surface area contributed by atoms with Gasteiger partial charge in [-0.15, -0.1) is 20.4 Å². The van der Waals surface area contributed by atoms with Crippen molar-refractivity contribution in [2.45, 2.75) is 195 Å². The van der Waals surface area contributed by atoms with Crippen LogP contribution in [0, 0.1) is 0 Å². The number of aryl methyl sites for hydroxylation is 2. The number of fused-ring (bicyclic) bond motifs is 2. The van der Waals surface area contributed by atoms with Crippen LogP contribution in [0.25, 0.3) is 11.3 Å². The highest BCUT2D eigenvalue weighted by Gasteiger charge is 2.52. The largest absolute Gasteiger partial charge is 0.494 e. The first-order valence-electron chi connectivity index (χ1n) is 32.0. The summed E-state index contributed by atoms with van der Waals surface area (Å²) in [7, 11) is 3.14. The van der Waals surface area contributed by atoms with Gasteiger partial charge in [-0.1, -0.05) is 83.5 Å². The molecular weight excluding hydrogens is 1250 g/mol. The molecule has 8 aromatic rings. The van der Waals surface area contributed by atoms with Crippen LogP contribution in [0.15, 0.2) is 94.5 Å². The van der Waals surface area contributed by atoms with E-state index in [1.54, 1.807) is 50.0 Å². The molecule has 96 heavy (non-hydrogen) atoms. The van der Waals surface area contributed by atoms with E-state index in [1.807, 2.05) is 180 Å². The Morgan fingerprint density at radius 1 is 0.604 bits per heavy atom. The summed E-state index contributed by atoms with van der Waals surface area (Å²) >= 11 is 5.70. The van der Waals surface area contributed by atoms with Gasteiger partial charge in [-0.3, -0.25) is 19.0 Å². The van der Waals surface area contributed by atoms with Crippen molar-refractivity contribution in [1.82, 2.24) is 69.7 Å². The van der Waals surface area contributed by atoms with Crippen molar-refractivity contribution in [3.8, 4) is 11.3 Å². The van der Waals surface area contributed by atoms with Crippen molar-refractivity contribution in [3.05, 3.63) is 137 Å². The molecule has 2 aromatic carbocycles. The molecule has 2 N–H and O–H groups in total. The molecule has 2 atom stereocenters. The standard InChI is InChI=1S/C31H38N8O4.C29H42BN3O6.C8H8ClN5/c1-30(2,3)27-37-36-26(42-27)25(40)15-19-11-13-39(29(41)43-31(4,5)6)17-21-14-20(8-9-23(19)21)24-10-12-32-28(35-24)34-22-16-33-38(7)18-22;1-26(2,3)24-32-31-23(36-24)22(34)16-18-13-14-33(25(35)37-27(4,5)6)17-19-15-20(11-12-21(18)19)30-38-28(7,8)29(9,10)39-30;1-14-5-6(4-11-14)12-8-10-3-2-7(9)13-8/h8-10,12,14,16,18-19H,11,13,15,17H2,1-7H3,(H,32,34,35);11-12,15,18H,13-14,16-17H2,1-10H3;2-5H,1H3,(H,10,12,13)/t19-;18-;/m00./s1. The van der Waals surface area contributed by atoms with Crippen LogP contribution in [0.4, 0.5) is 32.9 Å². The number of carbonyl (C=O) groups excluding carboxylic acids is 4. The lowest BCUT2D eigenvalue weighted by Crippen LogP contribution is -2.41. The topological polar surface area (TPSA) is 301 Å². The van der Waals surface area contributed by atoms with Gasteiger partial charge in [0.2, 0.25) is 35.2 Å². The summed E-state index contributed by atoms with van der Waals surface area (Å²) in [6.07, 6.45) is 11.1. The molecular formula is C68H88BClN16O10. The van der Waals surface area contributed by atoms with E-state index in [1.165, 1.54) is 0 Å². The fourth-order valence-electron chi connectivity index (χ4n) is 10.6. The van der Waals surface area contributed by atoms with E-state index in [0.29, 0.717) is 73.5 Å². The van der Waals surface area contributed by atoms with Crippen molar-refractivity contribution in [1.29, 1.82) is 0 Å². The third-order valence-electron chi connectivity index (χ3n) is 16.2. The Morgan fingerprint density at radius 3 is 1.48 bits per heavy atom. The summed E-state index contributed by atoms with van der Waals surface area (Å²) in [6.45, 7) is 32.5. The van der Waals surface area contributed by atoms with Gasteiger partial charge in [0.05, 0.1) is 40.7 Å². The highest BCUT2D eigenvalue weighted by molar-refractivity contribution is 6.62. The quantitative estimate of drug-likeness (QED) is 0.0652. The number of ketones is 2. The zero-order valence-corrected chi connectivity index (χ0v) is 58.9. The van der Waals surface area contributed by atoms with E-state index in [2.05, 4.69) is 56.2 Å². The number of halogens is 1. The van der Waals surface area contributed by atoms with Gasteiger partial charge in [-0.05, 0) is 140 Å². The Bertz CT molecular complexity index is 4060. The van der Waals surface area contributed by atoms with Gasteiger partial charge < -0.3 is 48.1 Å². The Balaban J connectivity index is 0.000000188. The Morgan fingerprint density at radius 2 is 1.05 bits per heavy atom. The maximum atomic E-state index is 13.3. The third-order valence-corrected chi connectivity index (χ3v) is 16.4. The van der Waals surface area contributed by atoms with Gasteiger partial charge in [0, 0.05) is 94.3 Å². The second-order valence-electron chi connectivity index (χ2n) is 29.3. The first-order valence-corrected chi connectivity index (χ1v) is 32.4. The number of Topliss-reactive ketones (excluding diaryl/α,β-unsaturated/α-hetero) is 2. The fraction of sp³-hybridized carbons (Fsp3) is 0.500. The number of nitrogens with one attached hydrogen (secondary N) is 2. The van der Waals surface area contributed by atoms with E-state index >= 15 is 0 Å². The zero-order valence-electron chi connectivity index (χ0n) is 58.2. The number of ether oxygens (including phenoxy) is 2. The minimum Gasteiger partial charge on any atom is -0.444 e. The molecule has 1 fully saturated rings. The predicted molar refractivity (Wildman–Crippen MR) is 362 cm³/mol. The van der Waals surface area contributed by atoms with Gasteiger partial charge in [-0.25, -0.2) is 29.5 Å². The smallest absolute Gasteiger partial charge is 0.444 e. The Labute approximate surface area is 565 Å². The molecule has 2 amide bonds. The first kappa shape index (κ1) is 71.4. The van der Waals surface area contributed by atoms with Gasteiger partial charge in [0.25, 0.3) is 11.8 Å². The number of amides is 2. The molecule has 11 rings (SSSR count). The zero-order chi connectivity index (χ0) is 69.9. The maximum Gasteiger partial charge on any atom is 0.494 e. The van der Waals surface area contributed by atoms with Crippen LogP contribution in [-0.4, -0.2) is 136 Å². The number of carbonyl (C=O) groups is 4. The number of hydrogen-bond donors (Lipinski definition) is 2. The molecule has 3 aliphatic heterocycles. The predicted octanol–water partition coefficient (Wildman–Crippen LogP) is 12.6. The lowest BCUT2D eigenvalue weighted by molar-refractivity contribution is 0.00578. The van der Waals surface area contributed by atoms with E-state index in [0.717, 1.165) is 44.7 Å². The molecule has 510 valence electrons. The van der Waals surface area contributed by atoms with E-state index in [9.17, 15) is 19.2 Å². The van der Waals surface area contributed by atoms with Crippen molar-refractivity contribution >= 4 is 71.2 Å². The molecule has 9 heterocycles. The Kier molecular flexibility index (Phi) is 21.1. The third kappa shape index (κ3) is 18.5. The summed E-state index contributed by atoms with van der Waals surface area (Å²) in [5.41, 5.74) is 4.98. The molecule has 28 heteroatoms. The lowest BCUT2D eigenvalue weighted by atomic mass is 9.76. The van der Waals surface area contributed by atoms with Crippen LogP contribution in [0.3, 0.4) is 0 Å². The Hall–Kier alpha value is -8.95. The number of aromatic nitrogens is 12. The van der Waals surface area contributed by atoms with Crippen LogP contribution in [0.2, 0.25) is 5.15 Å². The van der Waals surface area contributed by atoms with Crippen LogP contribution in [-0.2, 0) is 56.8 Å². The van der Waals surface area contributed by atoms with Gasteiger partial charge in [0.1, 0.15) is 16.4 Å². The van der Waals surface area contributed by atoms with Crippen LogP contribution in [0.5, 0.6) is 0 Å². The lowest BCUT2D eigenvalue weighted by Gasteiger charge is -2.32. The number of hydrogen-bond acceptors (Lipinski definition) is 22. The molecule has 0 spiro atoms. The molecule has 0 aliphatic carbocycles. The van der Waals surface area contributed by atoms with Crippen molar-refractivity contribution in [2.24, 2.45) is 14.1 Å². The van der Waals surface area contributed by atoms with Crippen molar-refractivity contribution < 1.29 is 46.8 Å². The maximum absolute atomic E-state index is 13.3. The highest BCUT2D eigenvalue weighted by atomic mass is 35.5. The first-order chi connectivity index (χ1) is 44.8. The molecule has 0 saturated carbocycles. The molecule has 26 nitrogen and oxygen atoms in total. The molecule has 1 saturated heterocycles. The van der Waals surface area contributed by atoms with E-state index in [-0.39, 0.29) is 64.9 Å². The summed E-state index contributed by atoms with van der Waals surface area (Å²) in [4.78, 5) is 73.3. The van der Waals surface area contributed by atoms with Gasteiger partial charge >= 0.3 is 19.3 Å². The highest BCUT2D eigenvalue weighted by Crippen LogP contribution is 2.39. The number of rotatable bonds is 12. The average Bonchev–Trinajstić information content (AvgIpc) is 1.61. The number of benzene rings is 2. The van der Waals surface area contributed by atoms with E-state index in [4.69, 9.17) is 44.2 Å². The summed E-state index contributed by atoms with van der Waals surface area (Å²) in [5, 5.41) is 30.9. The van der Waals surface area contributed by atoms with Crippen LogP contribution in [0.1, 0.15) is 204 Å². The molecule has 6 aromatic heterocycles. The van der Waals surface area contributed by atoms with Crippen molar-refractivity contribution in [2.75, 3.05) is 23.7 Å². The molecule has 0 bridgehead atoms. The molecule has 3 aliphatic rings. The van der Waals surface area contributed by atoms with Gasteiger partial charge in [0.15, 0.2) is 0 Å². The SMILES string of the molecule is CC(C)(C)OC(=O)N1CC[C@@H](CC(=O)c2nnc(C(C)(C)C)o2)c2ccc(B3OC(C)(C)C(C)(C)O3)cc2C1.Cn1cc(Nc2nccc(-c3ccc4c(c3)CN(C(=O)OC(C)(C)C)CC[C@H]4CC(=O)c3nnc(C(C)(C)C)o3)n2)cn1.Cn1cc(Nc2nccc(Cl)n2)cn1. The monoisotopic (exact) mass is 1330 g/mol. The van der Waals surface area contributed by atoms with Crippen LogP contribution < -0.4 is 16.1 Å². The average molecular weight is 1340 g/mol. The summed E-state index contributed by atoms with van der Waals surface area (Å²) < 4.78 is 38.8. The second-order valence-corrected chi connectivity index (χ2v) is 29.7. The fourth-order valence-corrected chi connectivity index (χ4v) is 10.7. The van der Waals surface area contributed by atoms with E-state index < -0.39 is 35.6 Å². The number of nitrogens with zero attached hydrogens (tertiary/aromatic N) is 14. The normalized spacial score (nSPS) is 16.9. The van der Waals surface area contributed by atoms with Crippen LogP contribution >= 0.6 is 11.6 Å². The molecule has 0 unspecified atom stereocenters.